The Morgan fingerprint density at radius 3 is 2.15 bits per heavy atom. The van der Waals surface area contributed by atoms with Crippen molar-refractivity contribution in [2.75, 3.05) is 31.6 Å². The molecule has 0 spiro atoms. The zero-order chi connectivity index (χ0) is 33.3. The number of benzene rings is 4. The smallest absolute Gasteiger partial charge is 0.264 e. The van der Waals surface area contributed by atoms with Gasteiger partial charge in [0.2, 0.25) is 11.8 Å². The van der Waals surface area contributed by atoms with E-state index in [1.165, 1.54) is 49.5 Å². The molecule has 0 aromatic heterocycles. The molecule has 2 amide bonds. The summed E-state index contributed by atoms with van der Waals surface area (Å²) >= 11 is 6.15. The van der Waals surface area contributed by atoms with E-state index < -0.39 is 28.5 Å². The second kappa shape index (κ2) is 15.6. The van der Waals surface area contributed by atoms with E-state index in [-0.39, 0.29) is 35.2 Å². The lowest BCUT2D eigenvalue weighted by atomic mass is 10.0. The maximum Gasteiger partial charge on any atom is 0.264 e. The lowest BCUT2D eigenvalue weighted by Gasteiger charge is -2.34. The Morgan fingerprint density at radius 2 is 1.52 bits per heavy atom. The van der Waals surface area contributed by atoms with E-state index in [4.69, 9.17) is 21.1 Å². The summed E-state index contributed by atoms with van der Waals surface area (Å²) < 4.78 is 40.3. The number of aryl methyl sites for hydroxylation is 1. The highest BCUT2D eigenvalue weighted by Gasteiger charge is 2.35. The normalized spacial score (nSPS) is 11.8. The van der Waals surface area contributed by atoms with E-state index in [2.05, 4.69) is 5.32 Å². The highest BCUT2D eigenvalue weighted by atomic mass is 35.5. The molecule has 4 aromatic carbocycles. The van der Waals surface area contributed by atoms with Gasteiger partial charge in [0.25, 0.3) is 10.0 Å². The van der Waals surface area contributed by atoms with Crippen LogP contribution in [0.15, 0.2) is 102 Å². The number of hydrogen-bond donors (Lipinski definition) is 1. The summed E-state index contributed by atoms with van der Waals surface area (Å²) in [6.07, 6.45) is 0.230. The Bertz CT molecular complexity index is 1750. The van der Waals surface area contributed by atoms with Crippen LogP contribution in [0.3, 0.4) is 0 Å². The number of sulfonamides is 1. The van der Waals surface area contributed by atoms with E-state index in [9.17, 15) is 18.0 Å². The molecule has 1 N–H and O–H groups in total. The van der Waals surface area contributed by atoms with Gasteiger partial charge in [0.05, 0.1) is 24.8 Å². The van der Waals surface area contributed by atoms with E-state index in [0.717, 1.165) is 21.0 Å². The van der Waals surface area contributed by atoms with Crippen molar-refractivity contribution in [3.05, 3.63) is 119 Å². The molecule has 46 heavy (non-hydrogen) atoms. The zero-order valence-corrected chi connectivity index (χ0v) is 27.8. The Kier molecular flexibility index (Phi) is 11.7. The van der Waals surface area contributed by atoms with Gasteiger partial charge in [-0.3, -0.25) is 13.9 Å². The van der Waals surface area contributed by atoms with Crippen molar-refractivity contribution in [2.45, 2.75) is 37.8 Å². The quantitative estimate of drug-likeness (QED) is 0.187. The molecule has 9 nitrogen and oxygen atoms in total. The van der Waals surface area contributed by atoms with Gasteiger partial charge in [-0.1, -0.05) is 66.2 Å². The van der Waals surface area contributed by atoms with Crippen LogP contribution in [-0.4, -0.2) is 58.5 Å². The Hall–Kier alpha value is -4.54. The van der Waals surface area contributed by atoms with Crippen molar-refractivity contribution < 1.29 is 27.5 Å². The van der Waals surface area contributed by atoms with Crippen LogP contribution in [0.2, 0.25) is 5.02 Å². The molecular weight excluding hydrogens is 626 g/mol. The molecule has 0 fully saturated rings. The molecule has 1 atom stereocenters. The number of anilines is 1. The summed E-state index contributed by atoms with van der Waals surface area (Å²) in [7, 11) is -1.48. The summed E-state index contributed by atoms with van der Waals surface area (Å²) in [6.45, 7) is 3.60. The van der Waals surface area contributed by atoms with Crippen LogP contribution in [0.5, 0.6) is 11.5 Å². The van der Waals surface area contributed by atoms with Gasteiger partial charge in [0.15, 0.2) is 11.5 Å². The van der Waals surface area contributed by atoms with Crippen LogP contribution in [0.25, 0.3) is 0 Å². The van der Waals surface area contributed by atoms with E-state index in [1.54, 1.807) is 12.1 Å². The van der Waals surface area contributed by atoms with Gasteiger partial charge in [0.1, 0.15) is 12.6 Å². The van der Waals surface area contributed by atoms with Gasteiger partial charge in [-0.05, 0) is 66.9 Å². The SMILES string of the molecule is CCNC(=O)[C@H](Cc1ccccc1)N(Cc1ccccc1C)C(=O)CN(c1ccc(Cl)cc1)S(=O)(=O)c1ccc(OC)c(OC)c1. The molecule has 0 saturated heterocycles. The highest BCUT2D eigenvalue weighted by molar-refractivity contribution is 7.92. The lowest BCUT2D eigenvalue weighted by Crippen LogP contribution is -2.53. The molecule has 242 valence electrons. The molecule has 4 aromatic rings. The topological polar surface area (TPSA) is 105 Å². The zero-order valence-electron chi connectivity index (χ0n) is 26.3. The predicted molar refractivity (Wildman–Crippen MR) is 180 cm³/mol. The third-order valence-corrected chi connectivity index (χ3v) is 9.58. The molecule has 0 aliphatic heterocycles. The minimum absolute atomic E-state index is 0.0883. The van der Waals surface area contributed by atoms with Gasteiger partial charge < -0.3 is 19.7 Å². The largest absolute Gasteiger partial charge is 0.493 e. The average molecular weight is 664 g/mol. The highest BCUT2D eigenvalue weighted by Crippen LogP contribution is 2.33. The van der Waals surface area contributed by atoms with E-state index in [1.807, 2.05) is 68.4 Å². The number of carbonyl (C=O) groups is 2. The van der Waals surface area contributed by atoms with Crippen molar-refractivity contribution in [2.24, 2.45) is 0 Å². The standard InChI is InChI=1S/C35H38ClN3O6S/c1-5-37-35(41)31(21-26-12-7-6-8-13-26)38(23-27-14-10-9-11-25(27)2)34(40)24-39(29-17-15-28(36)16-18-29)46(42,43)30-19-20-32(44-3)33(22-30)45-4/h6-20,22,31H,5,21,23-24H2,1-4H3,(H,37,41)/t31-/m0/s1. The van der Waals surface area contributed by atoms with Crippen LogP contribution in [0.4, 0.5) is 5.69 Å². The lowest BCUT2D eigenvalue weighted by molar-refractivity contribution is -0.140. The summed E-state index contributed by atoms with van der Waals surface area (Å²) in [5, 5.41) is 3.27. The van der Waals surface area contributed by atoms with Crippen molar-refractivity contribution in [1.82, 2.24) is 10.2 Å². The first kappa shape index (κ1) is 34.3. The van der Waals surface area contributed by atoms with Gasteiger partial charge >= 0.3 is 0 Å². The molecule has 4 rings (SSSR count). The first-order valence-corrected chi connectivity index (χ1v) is 16.6. The second-order valence-electron chi connectivity index (χ2n) is 10.6. The fourth-order valence-corrected chi connectivity index (χ4v) is 6.61. The Balaban J connectivity index is 1.82. The van der Waals surface area contributed by atoms with E-state index >= 15 is 0 Å². The van der Waals surface area contributed by atoms with Crippen LogP contribution in [-0.2, 0) is 32.6 Å². The van der Waals surface area contributed by atoms with Gasteiger partial charge in [-0.25, -0.2) is 8.42 Å². The number of ether oxygens (including phenoxy) is 2. The third kappa shape index (κ3) is 8.18. The summed E-state index contributed by atoms with van der Waals surface area (Å²) in [5.41, 5.74) is 2.84. The Morgan fingerprint density at radius 1 is 0.870 bits per heavy atom. The molecule has 0 heterocycles. The minimum Gasteiger partial charge on any atom is -0.493 e. The van der Waals surface area contributed by atoms with Gasteiger partial charge in [0, 0.05) is 30.6 Å². The van der Waals surface area contributed by atoms with Crippen LogP contribution >= 0.6 is 11.6 Å². The molecule has 0 saturated carbocycles. The van der Waals surface area contributed by atoms with Crippen LogP contribution < -0.4 is 19.1 Å². The maximum absolute atomic E-state index is 14.5. The second-order valence-corrected chi connectivity index (χ2v) is 12.9. The molecule has 0 unspecified atom stereocenters. The number of halogens is 1. The van der Waals surface area contributed by atoms with Crippen molar-refractivity contribution in [1.29, 1.82) is 0 Å². The Labute approximate surface area is 275 Å². The maximum atomic E-state index is 14.5. The monoisotopic (exact) mass is 663 g/mol. The van der Waals surface area contributed by atoms with Crippen molar-refractivity contribution in [3.63, 3.8) is 0 Å². The minimum atomic E-state index is -4.34. The number of carbonyl (C=O) groups excluding carboxylic acids is 2. The average Bonchev–Trinajstić information content (AvgIpc) is 3.06. The number of likely N-dealkylation sites (N-methyl/N-ethyl adjacent to an activating group) is 1. The predicted octanol–water partition coefficient (Wildman–Crippen LogP) is 5.64. The number of methoxy groups -OCH3 is 2. The number of hydrogen-bond acceptors (Lipinski definition) is 6. The fourth-order valence-electron chi connectivity index (χ4n) is 5.06. The molecule has 0 aliphatic rings. The summed E-state index contributed by atoms with van der Waals surface area (Å²) in [5.74, 6) is -0.333. The first-order valence-electron chi connectivity index (χ1n) is 14.7. The van der Waals surface area contributed by atoms with Gasteiger partial charge in [-0.15, -0.1) is 0 Å². The summed E-state index contributed by atoms with van der Waals surface area (Å²) in [6, 6.07) is 26.5. The summed E-state index contributed by atoms with van der Waals surface area (Å²) in [4.78, 5) is 29.5. The van der Waals surface area contributed by atoms with Crippen LogP contribution in [0.1, 0.15) is 23.6 Å². The van der Waals surface area contributed by atoms with Gasteiger partial charge in [-0.2, -0.15) is 0 Å². The van der Waals surface area contributed by atoms with E-state index in [0.29, 0.717) is 17.3 Å². The van der Waals surface area contributed by atoms with Crippen molar-refractivity contribution >= 4 is 39.1 Å². The van der Waals surface area contributed by atoms with Crippen molar-refractivity contribution in [3.8, 4) is 11.5 Å². The molecule has 0 aliphatic carbocycles. The molecule has 0 radical (unpaired) electrons. The molecule has 11 heteroatoms. The molecule has 0 bridgehead atoms. The third-order valence-electron chi connectivity index (χ3n) is 7.56. The van der Waals surface area contributed by atoms with Crippen LogP contribution in [0, 0.1) is 6.92 Å². The first-order chi connectivity index (χ1) is 22.1. The number of amides is 2. The fraction of sp³-hybridized carbons (Fsp3) is 0.257. The number of rotatable bonds is 14. The molecular formula is C35H38ClN3O6S. The number of nitrogens with one attached hydrogen (secondary N) is 1. The number of nitrogens with zero attached hydrogens (tertiary/aromatic N) is 2.